The number of carbonyl (C=O) groups is 2. The summed E-state index contributed by atoms with van der Waals surface area (Å²) >= 11 is 0.887. The van der Waals surface area contributed by atoms with Gasteiger partial charge in [0.15, 0.2) is 0 Å². The van der Waals surface area contributed by atoms with Crippen LogP contribution in [0.25, 0.3) is 10.2 Å². The Hall–Kier alpha value is -3.41. The Kier molecular flexibility index (Phi) is 7.41. The molecule has 5 rings (SSSR count). The van der Waals surface area contributed by atoms with Crippen molar-refractivity contribution in [2.45, 2.75) is 76.7 Å². The Bertz CT molecular complexity index is 1560. The summed E-state index contributed by atoms with van der Waals surface area (Å²) in [5.41, 5.74) is -0.498. The summed E-state index contributed by atoms with van der Waals surface area (Å²) in [7, 11) is 0. The van der Waals surface area contributed by atoms with Crippen molar-refractivity contribution >= 4 is 33.4 Å². The number of ether oxygens (including phenoxy) is 1. The molecule has 0 spiro atoms. The second-order valence-corrected chi connectivity index (χ2v) is 11.7. The highest BCUT2D eigenvalue weighted by Gasteiger charge is 2.45. The van der Waals surface area contributed by atoms with Gasteiger partial charge in [-0.2, -0.15) is 13.2 Å². The summed E-state index contributed by atoms with van der Waals surface area (Å²) in [4.78, 5) is 54.0. The summed E-state index contributed by atoms with van der Waals surface area (Å²) in [5, 5.41) is 0.105. The lowest BCUT2D eigenvalue weighted by Crippen LogP contribution is -2.42. The molecule has 1 aromatic carbocycles. The number of halogens is 3. The van der Waals surface area contributed by atoms with Crippen LogP contribution < -0.4 is 11.2 Å². The molecule has 8 nitrogen and oxygen atoms in total. The number of piperidine rings is 1. The zero-order chi connectivity index (χ0) is 28.8. The highest BCUT2D eigenvalue weighted by molar-refractivity contribution is 7.20. The molecule has 2 aliphatic rings. The van der Waals surface area contributed by atoms with Gasteiger partial charge in [0, 0.05) is 51.4 Å². The minimum Gasteiger partial charge on any atom is -0.462 e. The lowest BCUT2D eigenvalue weighted by molar-refractivity contribution is -0.148. The third kappa shape index (κ3) is 5.45. The van der Waals surface area contributed by atoms with Crippen molar-refractivity contribution in [1.29, 1.82) is 0 Å². The van der Waals surface area contributed by atoms with Crippen LogP contribution >= 0.6 is 11.3 Å². The summed E-state index contributed by atoms with van der Waals surface area (Å²) < 4.78 is 47.0. The van der Waals surface area contributed by atoms with Crippen LogP contribution in [0.15, 0.2) is 39.9 Å². The number of rotatable bonds is 7. The minimum absolute atomic E-state index is 0.0544. The van der Waals surface area contributed by atoms with Gasteiger partial charge in [-0.3, -0.25) is 23.5 Å². The molecular formula is C28H30F3N3O5S. The highest BCUT2D eigenvalue weighted by Crippen LogP contribution is 2.49. The number of thiophene rings is 1. The van der Waals surface area contributed by atoms with Gasteiger partial charge in [-0.1, -0.05) is 30.3 Å². The predicted molar refractivity (Wildman–Crippen MR) is 144 cm³/mol. The van der Waals surface area contributed by atoms with Gasteiger partial charge in [0.2, 0.25) is 0 Å². The number of aryl methyl sites for hydroxylation is 2. The molecule has 1 aliphatic carbocycles. The Morgan fingerprint density at radius 1 is 1.07 bits per heavy atom. The second kappa shape index (κ2) is 10.5. The molecule has 3 heterocycles. The third-order valence-electron chi connectivity index (χ3n) is 7.87. The number of hydrogen-bond acceptors (Lipinski definition) is 6. The summed E-state index contributed by atoms with van der Waals surface area (Å²) in [6.07, 6.45) is -3.62. The molecule has 0 atom stereocenters. The van der Waals surface area contributed by atoms with E-state index in [2.05, 4.69) is 0 Å². The molecule has 214 valence electrons. The number of aromatic nitrogens is 2. The summed E-state index contributed by atoms with van der Waals surface area (Å²) in [5.74, 6) is -0.748. The van der Waals surface area contributed by atoms with Crippen LogP contribution in [-0.2, 0) is 28.0 Å². The van der Waals surface area contributed by atoms with E-state index in [1.807, 2.05) is 30.3 Å². The second-order valence-electron chi connectivity index (χ2n) is 10.7. The molecule has 3 aromatic rings. The lowest BCUT2D eigenvalue weighted by atomic mass is 9.96. The number of nitrogens with zero attached hydrogens (tertiary/aromatic N) is 3. The van der Waals surface area contributed by atoms with Crippen LogP contribution in [-0.4, -0.2) is 51.3 Å². The molecule has 0 N–H and O–H groups in total. The van der Waals surface area contributed by atoms with E-state index in [-0.39, 0.29) is 33.6 Å². The van der Waals surface area contributed by atoms with Crippen molar-refractivity contribution in [3.8, 4) is 0 Å². The van der Waals surface area contributed by atoms with E-state index in [0.717, 1.165) is 38.9 Å². The molecule has 40 heavy (non-hydrogen) atoms. The molecule has 12 heteroatoms. The number of alkyl halides is 3. The van der Waals surface area contributed by atoms with Crippen LogP contribution in [0.5, 0.6) is 0 Å². The van der Waals surface area contributed by atoms with Gasteiger partial charge < -0.3 is 9.64 Å². The van der Waals surface area contributed by atoms with E-state index in [0.29, 0.717) is 31.5 Å². The van der Waals surface area contributed by atoms with Crippen molar-refractivity contribution in [2.75, 3.05) is 13.1 Å². The first-order chi connectivity index (χ1) is 18.9. The average molecular weight is 578 g/mol. The number of likely N-dealkylation sites (tertiary alicyclic amines) is 1. The maximum atomic E-state index is 13.8. The number of fused-ring (bicyclic) bond motifs is 1. The number of carbonyl (C=O) groups excluding carboxylic acids is 2. The molecule has 1 saturated carbocycles. The zero-order valence-corrected chi connectivity index (χ0v) is 23.1. The molecule has 1 saturated heterocycles. The molecule has 0 unspecified atom stereocenters. The maximum absolute atomic E-state index is 13.8. The van der Waals surface area contributed by atoms with Crippen LogP contribution in [0.1, 0.15) is 59.8 Å². The number of esters is 1. The van der Waals surface area contributed by atoms with E-state index in [4.69, 9.17) is 4.74 Å². The fourth-order valence-corrected chi connectivity index (χ4v) is 6.80. The van der Waals surface area contributed by atoms with Crippen molar-refractivity contribution in [3.05, 3.63) is 67.2 Å². The Balaban J connectivity index is 1.55. The van der Waals surface area contributed by atoms with Gasteiger partial charge in [-0.25, -0.2) is 4.79 Å². The van der Waals surface area contributed by atoms with Gasteiger partial charge in [0.25, 0.3) is 11.5 Å². The predicted octanol–water partition coefficient (Wildman–Crippen LogP) is 4.39. The molecule has 1 amide bonds. The normalized spacial score (nSPS) is 17.3. The number of hydrogen-bond donors (Lipinski definition) is 0. The standard InChI is InChI=1S/C28H30F3N3O5S/c1-17-21-23(36)34(16-27(10-11-27)19-6-4-3-5-7-19)26(38)33(15-12-28(29,30)31)25(21)40-22(17)24(37)32-13-8-20(9-14-32)39-18(2)35/h3-7,20H,8-16H2,1-2H3. The van der Waals surface area contributed by atoms with Crippen LogP contribution in [0, 0.1) is 6.92 Å². The molecule has 0 bridgehead atoms. The van der Waals surface area contributed by atoms with Gasteiger partial charge in [-0.15, -0.1) is 11.3 Å². The quantitative estimate of drug-likeness (QED) is 0.389. The van der Waals surface area contributed by atoms with E-state index < -0.39 is 41.8 Å². The summed E-state index contributed by atoms with van der Waals surface area (Å²) in [6, 6.07) is 9.47. The van der Waals surface area contributed by atoms with Gasteiger partial charge in [0.05, 0.1) is 16.7 Å². The van der Waals surface area contributed by atoms with Crippen LogP contribution in [0.3, 0.4) is 0 Å². The summed E-state index contributed by atoms with van der Waals surface area (Å²) in [6.45, 7) is 2.99. The average Bonchev–Trinajstić information content (AvgIpc) is 3.62. The topological polar surface area (TPSA) is 90.6 Å². The first-order valence-corrected chi connectivity index (χ1v) is 14.1. The van der Waals surface area contributed by atoms with Crippen molar-refractivity contribution < 1.29 is 27.5 Å². The van der Waals surface area contributed by atoms with E-state index in [1.54, 1.807) is 11.8 Å². The fourth-order valence-electron chi connectivity index (χ4n) is 5.51. The molecule has 1 aliphatic heterocycles. The molecule has 2 aromatic heterocycles. The lowest BCUT2D eigenvalue weighted by Gasteiger charge is -2.31. The van der Waals surface area contributed by atoms with Crippen molar-refractivity contribution in [1.82, 2.24) is 14.0 Å². The largest absolute Gasteiger partial charge is 0.462 e. The monoisotopic (exact) mass is 577 g/mol. The van der Waals surface area contributed by atoms with Crippen LogP contribution in [0.2, 0.25) is 0 Å². The minimum atomic E-state index is -4.51. The first kappa shape index (κ1) is 28.1. The van der Waals surface area contributed by atoms with E-state index in [9.17, 15) is 32.3 Å². The van der Waals surface area contributed by atoms with Gasteiger partial charge >= 0.3 is 17.8 Å². The van der Waals surface area contributed by atoms with Gasteiger partial charge in [-0.05, 0) is 30.9 Å². The third-order valence-corrected chi connectivity index (χ3v) is 9.17. The van der Waals surface area contributed by atoms with E-state index in [1.165, 1.54) is 6.92 Å². The Labute approximate surface area is 232 Å². The van der Waals surface area contributed by atoms with Crippen molar-refractivity contribution in [3.63, 3.8) is 0 Å². The molecule has 2 fully saturated rings. The first-order valence-electron chi connectivity index (χ1n) is 13.3. The number of amides is 1. The number of benzene rings is 1. The molecular weight excluding hydrogens is 547 g/mol. The van der Waals surface area contributed by atoms with Gasteiger partial charge in [0.1, 0.15) is 10.9 Å². The Morgan fingerprint density at radius 2 is 1.73 bits per heavy atom. The van der Waals surface area contributed by atoms with Crippen molar-refractivity contribution in [2.24, 2.45) is 0 Å². The Morgan fingerprint density at radius 3 is 2.30 bits per heavy atom. The van der Waals surface area contributed by atoms with Crippen LogP contribution in [0.4, 0.5) is 13.2 Å². The zero-order valence-electron chi connectivity index (χ0n) is 22.3. The smallest absolute Gasteiger partial charge is 0.390 e. The highest BCUT2D eigenvalue weighted by atomic mass is 32.1. The maximum Gasteiger partial charge on any atom is 0.390 e. The SMILES string of the molecule is CC(=O)OC1CCN(C(=O)c2sc3c(c2C)c(=O)n(CC2(c4ccccc4)CC2)c(=O)n3CCC(F)(F)F)CC1. The van der Waals surface area contributed by atoms with E-state index >= 15 is 0 Å². The fraction of sp³-hybridized carbons (Fsp3) is 0.500. The molecule has 0 radical (unpaired) electrons.